The van der Waals surface area contributed by atoms with Gasteiger partial charge in [0, 0.05) is 11.0 Å². The topological polar surface area (TPSA) is 20.3 Å². The van der Waals surface area contributed by atoms with Crippen LogP contribution in [0.25, 0.3) is 0 Å². The molecular formula is C17H27NO. The molecule has 0 bridgehead atoms. The lowest BCUT2D eigenvalue weighted by atomic mass is 9.82. The number of nitrogens with zero attached hydrogens (tertiary/aromatic N) is 1. The van der Waals surface area contributed by atoms with Crippen molar-refractivity contribution >= 4 is 5.78 Å². The second-order valence-electron chi connectivity index (χ2n) is 7.21. The average molecular weight is 261 g/mol. The molecule has 0 unspecified atom stereocenters. The molecule has 106 valence electrons. The van der Waals surface area contributed by atoms with E-state index in [1.54, 1.807) is 0 Å². The third-order valence-electron chi connectivity index (χ3n) is 3.55. The quantitative estimate of drug-likeness (QED) is 0.817. The van der Waals surface area contributed by atoms with Gasteiger partial charge in [-0.05, 0) is 33.4 Å². The minimum atomic E-state index is -0.347. The van der Waals surface area contributed by atoms with Crippen molar-refractivity contribution < 1.29 is 4.79 Å². The van der Waals surface area contributed by atoms with Crippen molar-refractivity contribution in [2.75, 3.05) is 7.05 Å². The van der Waals surface area contributed by atoms with Gasteiger partial charge in [0.15, 0.2) is 5.78 Å². The zero-order chi connectivity index (χ0) is 14.8. The summed E-state index contributed by atoms with van der Waals surface area (Å²) in [6.45, 7) is 12.4. The minimum absolute atomic E-state index is 0.0541. The van der Waals surface area contributed by atoms with Gasteiger partial charge in [0.2, 0.25) is 0 Å². The molecule has 0 aromatic heterocycles. The molecule has 1 aromatic carbocycles. The molecule has 19 heavy (non-hydrogen) atoms. The summed E-state index contributed by atoms with van der Waals surface area (Å²) >= 11 is 0. The summed E-state index contributed by atoms with van der Waals surface area (Å²) < 4.78 is 0. The number of carbonyl (C=O) groups excluding carboxylic acids is 1. The van der Waals surface area contributed by atoms with Crippen LogP contribution in [0.3, 0.4) is 0 Å². The van der Waals surface area contributed by atoms with E-state index >= 15 is 0 Å². The number of rotatable bonds is 3. The summed E-state index contributed by atoms with van der Waals surface area (Å²) in [6.07, 6.45) is 0. The van der Waals surface area contributed by atoms with Crippen molar-refractivity contribution in [2.45, 2.75) is 53.1 Å². The molecule has 0 amide bonds. The van der Waals surface area contributed by atoms with Gasteiger partial charge in [-0.15, -0.1) is 0 Å². The molecular weight excluding hydrogens is 234 g/mol. The smallest absolute Gasteiger partial charge is 0.159 e. The molecule has 0 aliphatic heterocycles. The van der Waals surface area contributed by atoms with Crippen LogP contribution in [0.15, 0.2) is 30.3 Å². The minimum Gasteiger partial charge on any atom is -0.297 e. The van der Waals surface area contributed by atoms with E-state index in [9.17, 15) is 4.79 Å². The van der Waals surface area contributed by atoms with Gasteiger partial charge in [0.05, 0.1) is 6.04 Å². The molecule has 1 rings (SSSR count). The van der Waals surface area contributed by atoms with Crippen LogP contribution in [0.1, 0.15) is 53.1 Å². The predicted molar refractivity (Wildman–Crippen MR) is 81.2 cm³/mol. The normalized spacial score (nSPS) is 14.5. The van der Waals surface area contributed by atoms with Gasteiger partial charge in [0.1, 0.15) is 0 Å². The molecule has 1 aromatic rings. The van der Waals surface area contributed by atoms with Crippen molar-refractivity contribution in [3.05, 3.63) is 35.9 Å². The fourth-order valence-corrected chi connectivity index (χ4v) is 1.98. The van der Waals surface area contributed by atoms with Crippen LogP contribution in [0, 0.1) is 5.41 Å². The number of ketones is 1. The van der Waals surface area contributed by atoms with Crippen LogP contribution in [0.5, 0.6) is 0 Å². The molecule has 0 saturated heterocycles. The lowest BCUT2D eigenvalue weighted by molar-refractivity contribution is -0.133. The number of hydrogen-bond acceptors (Lipinski definition) is 2. The Balaban J connectivity index is 3.24. The first-order chi connectivity index (χ1) is 8.55. The van der Waals surface area contributed by atoms with E-state index in [1.165, 1.54) is 0 Å². The number of likely N-dealkylation sites (N-methyl/N-ethyl adjacent to an activating group) is 1. The van der Waals surface area contributed by atoms with Crippen molar-refractivity contribution in [2.24, 2.45) is 5.41 Å². The molecule has 0 heterocycles. The molecule has 0 aliphatic carbocycles. The zero-order valence-electron chi connectivity index (χ0n) is 13.3. The summed E-state index contributed by atoms with van der Waals surface area (Å²) in [4.78, 5) is 15.0. The SMILES string of the molecule is CN([C@H](C(=O)C(C)(C)C)c1ccccc1)C(C)(C)C. The summed E-state index contributed by atoms with van der Waals surface area (Å²) in [5.74, 6) is 0.260. The highest BCUT2D eigenvalue weighted by atomic mass is 16.1. The fourth-order valence-electron chi connectivity index (χ4n) is 1.98. The Kier molecular flexibility index (Phi) is 4.57. The van der Waals surface area contributed by atoms with Gasteiger partial charge in [-0.2, -0.15) is 0 Å². The summed E-state index contributed by atoms with van der Waals surface area (Å²) in [7, 11) is 2.03. The van der Waals surface area contributed by atoms with Gasteiger partial charge in [0.25, 0.3) is 0 Å². The van der Waals surface area contributed by atoms with Crippen molar-refractivity contribution in [3.63, 3.8) is 0 Å². The van der Waals surface area contributed by atoms with E-state index in [1.807, 2.05) is 58.2 Å². The highest BCUT2D eigenvalue weighted by Crippen LogP contribution is 2.33. The van der Waals surface area contributed by atoms with Crippen LogP contribution < -0.4 is 0 Å². The van der Waals surface area contributed by atoms with Crippen LogP contribution in [-0.4, -0.2) is 23.3 Å². The Bertz CT molecular complexity index is 423. The Morgan fingerprint density at radius 1 is 1.00 bits per heavy atom. The molecule has 0 spiro atoms. The third-order valence-corrected chi connectivity index (χ3v) is 3.55. The Labute approximate surface area is 117 Å². The Hall–Kier alpha value is -1.15. The zero-order valence-corrected chi connectivity index (χ0v) is 13.3. The molecule has 0 radical (unpaired) electrons. The van der Waals surface area contributed by atoms with E-state index in [0.717, 1.165) is 5.56 Å². The van der Waals surface area contributed by atoms with Crippen LogP contribution in [-0.2, 0) is 4.79 Å². The first-order valence-electron chi connectivity index (χ1n) is 6.87. The lowest BCUT2D eigenvalue weighted by Crippen LogP contribution is -2.46. The molecule has 2 nitrogen and oxygen atoms in total. The van der Waals surface area contributed by atoms with E-state index in [-0.39, 0.29) is 22.8 Å². The monoisotopic (exact) mass is 261 g/mol. The maximum atomic E-state index is 12.8. The first kappa shape index (κ1) is 15.9. The van der Waals surface area contributed by atoms with Gasteiger partial charge >= 0.3 is 0 Å². The Morgan fingerprint density at radius 2 is 1.47 bits per heavy atom. The fraction of sp³-hybridized carbons (Fsp3) is 0.588. The number of benzene rings is 1. The number of Topliss-reactive ketones (excluding diaryl/α,β-unsaturated/α-hetero) is 1. The van der Waals surface area contributed by atoms with Crippen LogP contribution in [0.4, 0.5) is 0 Å². The second-order valence-corrected chi connectivity index (χ2v) is 7.21. The summed E-state index contributed by atoms with van der Waals surface area (Å²) in [5.41, 5.74) is 0.668. The van der Waals surface area contributed by atoms with Crippen LogP contribution >= 0.6 is 0 Å². The van der Waals surface area contributed by atoms with Gasteiger partial charge in [-0.25, -0.2) is 0 Å². The van der Waals surface area contributed by atoms with E-state index in [0.29, 0.717) is 0 Å². The average Bonchev–Trinajstić information content (AvgIpc) is 2.28. The maximum absolute atomic E-state index is 12.8. The third kappa shape index (κ3) is 3.90. The van der Waals surface area contributed by atoms with Crippen molar-refractivity contribution in [1.29, 1.82) is 0 Å². The highest BCUT2D eigenvalue weighted by Gasteiger charge is 2.37. The van der Waals surface area contributed by atoms with E-state index in [4.69, 9.17) is 0 Å². The van der Waals surface area contributed by atoms with Gasteiger partial charge in [-0.1, -0.05) is 51.1 Å². The van der Waals surface area contributed by atoms with E-state index in [2.05, 4.69) is 25.7 Å². The predicted octanol–water partition coefficient (Wildman–Crippen LogP) is 4.07. The van der Waals surface area contributed by atoms with Crippen LogP contribution in [0.2, 0.25) is 0 Å². The van der Waals surface area contributed by atoms with E-state index < -0.39 is 0 Å². The van der Waals surface area contributed by atoms with Gasteiger partial charge in [-0.3, -0.25) is 9.69 Å². The molecule has 0 saturated carbocycles. The van der Waals surface area contributed by atoms with Crippen molar-refractivity contribution in [3.8, 4) is 0 Å². The number of carbonyl (C=O) groups is 1. The van der Waals surface area contributed by atoms with Gasteiger partial charge < -0.3 is 0 Å². The Morgan fingerprint density at radius 3 is 1.84 bits per heavy atom. The molecule has 0 N–H and O–H groups in total. The highest BCUT2D eigenvalue weighted by molar-refractivity contribution is 5.89. The van der Waals surface area contributed by atoms with Crippen molar-refractivity contribution in [1.82, 2.24) is 4.90 Å². The largest absolute Gasteiger partial charge is 0.297 e. The number of hydrogen-bond donors (Lipinski definition) is 0. The molecule has 1 atom stereocenters. The molecule has 0 aliphatic rings. The standard InChI is InChI=1S/C17H27NO/c1-16(2,3)15(19)14(18(7)17(4,5)6)13-11-9-8-10-12-13/h8-12,14H,1-7H3/t14-/m0/s1. The second kappa shape index (κ2) is 5.46. The summed E-state index contributed by atoms with van der Waals surface area (Å²) in [5, 5.41) is 0. The first-order valence-corrected chi connectivity index (χ1v) is 6.87. The maximum Gasteiger partial charge on any atom is 0.159 e. The molecule has 2 heteroatoms. The molecule has 0 fully saturated rings. The summed E-state index contributed by atoms with van der Waals surface area (Å²) in [6, 6.07) is 9.86. The lowest BCUT2D eigenvalue weighted by Gasteiger charge is -2.40.